The van der Waals surface area contributed by atoms with Crippen LogP contribution in [0.2, 0.25) is 0 Å². The Kier molecular flexibility index (Phi) is 2.52. The zero-order chi connectivity index (χ0) is 11.0. The Bertz CT molecular complexity index is 318. The van der Waals surface area contributed by atoms with Gasteiger partial charge in [-0.05, 0) is 19.9 Å². The van der Waals surface area contributed by atoms with Crippen molar-refractivity contribution in [3.63, 3.8) is 0 Å². The van der Waals surface area contributed by atoms with Gasteiger partial charge in [0, 0.05) is 17.3 Å². The molecule has 0 aromatic carbocycles. The fourth-order valence-corrected chi connectivity index (χ4v) is 1.66. The molecule has 1 aromatic rings. The van der Waals surface area contributed by atoms with Crippen LogP contribution in [-0.2, 0) is 10.2 Å². The van der Waals surface area contributed by atoms with Gasteiger partial charge in [-0.25, -0.2) is 0 Å². The molecule has 1 rings (SSSR count). The number of nitrogens with one attached hydrogen (secondary N) is 1. The lowest BCUT2D eigenvalue weighted by molar-refractivity contribution is -0.131. The van der Waals surface area contributed by atoms with Crippen LogP contribution in [0, 0.1) is 5.41 Å². The molecule has 1 N–H and O–H groups in total. The fourth-order valence-electron chi connectivity index (χ4n) is 1.66. The average molecular weight is 194 g/mol. The molecule has 1 aromatic heterocycles. The number of hydrogen-bond acceptors (Lipinski definition) is 2. The number of carbonyl (C=O) groups excluding carboxylic acids is 1. The molecule has 78 valence electrons. The van der Waals surface area contributed by atoms with E-state index >= 15 is 0 Å². The number of aromatic amines is 1. The Hall–Kier alpha value is -1.12. The smallest absolute Gasteiger partial charge is 0.149 e. The molecule has 0 saturated carbocycles. The molecule has 0 spiro atoms. The number of rotatable bonds is 2. The first-order valence-corrected chi connectivity index (χ1v) is 4.81. The van der Waals surface area contributed by atoms with Crippen LogP contribution in [0.5, 0.6) is 0 Å². The van der Waals surface area contributed by atoms with Gasteiger partial charge in [0.15, 0.2) is 0 Å². The zero-order valence-electron chi connectivity index (χ0n) is 9.51. The van der Waals surface area contributed by atoms with E-state index < -0.39 is 5.41 Å². The third kappa shape index (κ3) is 1.86. The van der Waals surface area contributed by atoms with Crippen LogP contribution in [0.4, 0.5) is 0 Å². The van der Waals surface area contributed by atoms with Crippen LogP contribution in [0.25, 0.3) is 0 Å². The van der Waals surface area contributed by atoms with E-state index in [4.69, 9.17) is 0 Å². The summed E-state index contributed by atoms with van der Waals surface area (Å²) in [4.78, 5) is 12.1. The maximum Gasteiger partial charge on any atom is 0.149 e. The molecule has 0 aliphatic rings. The van der Waals surface area contributed by atoms with Crippen LogP contribution in [0.3, 0.4) is 0 Å². The van der Waals surface area contributed by atoms with Crippen molar-refractivity contribution in [2.75, 3.05) is 0 Å². The number of H-pyrrole nitrogens is 1. The molecule has 0 unspecified atom stereocenters. The van der Waals surface area contributed by atoms with Gasteiger partial charge in [-0.3, -0.25) is 9.89 Å². The van der Waals surface area contributed by atoms with Crippen LogP contribution in [0.1, 0.15) is 40.3 Å². The van der Waals surface area contributed by atoms with Crippen molar-refractivity contribution in [2.24, 2.45) is 5.41 Å². The van der Waals surface area contributed by atoms with Crippen LogP contribution in [-0.4, -0.2) is 16.0 Å². The molecule has 1 heterocycles. The molecule has 0 radical (unpaired) electrons. The number of aromatic nitrogens is 2. The molecule has 0 fully saturated rings. The summed E-state index contributed by atoms with van der Waals surface area (Å²) in [6, 6.07) is 1.85. The largest absolute Gasteiger partial charge is 0.298 e. The monoisotopic (exact) mass is 194 g/mol. The SMILES string of the molecule is CC(C)(C)C(=O)C(C)(C)c1ccn[nH]1. The summed E-state index contributed by atoms with van der Waals surface area (Å²) in [5.41, 5.74) is 0.0565. The van der Waals surface area contributed by atoms with E-state index in [1.807, 2.05) is 40.7 Å². The summed E-state index contributed by atoms with van der Waals surface area (Å²) in [5.74, 6) is 0.217. The lowest BCUT2D eigenvalue weighted by Crippen LogP contribution is -2.38. The quantitative estimate of drug-likeness (QED) is 0.785. The normalized spacial score (nSPS) is 12.9. The summed E-state index contributed by atoms with van der Waals surface area (Å²) in [6.45, 7) is 9.66. The molecule has 0 aliphatic carbocycles. The van der Waals surface area contributed by atoms with Crippen molar-refractivity contribution in [3.8, 4) is 0 Å². The molecular formula is C11H18N2O. The van der Waals surface area contributed by atoms with Gasteiger partial charge in [0.2, 0.25) is 0 Å². The lowest BCUT2D eigenvalue weighted by Gasteiger charge is -2.29. The third-order valence-corrected chi connectivity index (χ3v) is 2.42. The number of Topliss-reactive ketones (excluding diaryl/α,β-unsaturated/α-hetero) is 1. The highest BCUT2D eigenvalue weighted by Crippen LogP contribution is 2.31. The highest BCUT2D eigenvalue weighted by atomic mass is 16.1. The lowest BCUT2D eigenvalue weighted by atomic mass is 9.73. The summed E-state index contributed by atoms with van der Waals surface area (Å²) in [5, 5.41) is 6.74. The molecular weight excluding hydrogens is 176 g/mol. The topological polar surface area (TPSA) is 45.8 Å². The highest BCUT2D eigenvalue weighted by molar-refractivity contribution is 5.92. The van der Waals surface area contributed by atoms with E-state index in [-0.39, 0.29) is 11.2 Å². The molecule has 0 amide bonds. The molecule has 3 heteroatoms. The first kappa shape index (κ1) is 11.0. The fraction of sp³-hybridized carbons (Fsp3) is 0.636. The van der Waals surface area contributed by atoms with E-state index in [1.165, 1.54) is 0 Å². The maximum absolute atomic E-state index is 12.1. The summed E-state index contributed by atoms with van der Waals surface area (Å²) in [6.07, 6.45) is 1.67. The molecule has 0 atom stereocenters. The highest BCUT2D eigenvalue weighted by Gasteiger charge is 2.38. The number of nitrogens with zero attached hydrogens (tertiary/aromatic N) is 1. The minimum Gasteiger partial charge on any atom is -0.298 e. The van der Waals surface area contributed by atoms with Gasteiger partial charge in [0.25, 0.3) is 0 Å². The Morgan fingerprint density at radius 1 is 1.29 bits per heavy atom. The van der Waals surface area contributed by atoms with Gasteiger partial charge in [0.05, 0.1) is 5.41 Å². The minimum atomic E-state index is -0.491. The first-order valence-electron chi connectivity index (χ1n) is 4.81. The summed E-state index contributed by atoms with van der Waals surface area (Å²) < 4.78 is 0. The Balaban J connectivity index is 3.03. The number of carbonyl (C=O) groups is 1. The molecule has 14 heavy (non-hydrogen) atoms. The van der Waals surface area contributed by atoms with E-state index in [1.54, 1.807) is 6.20 Å². The zero-order valence-corrected chi connectivity index (χ0v) is 9.51. The van der Waals surface area contributed by atoms with Crippen molar-refractivity contribution >= 4 is 5.78 Å². The maximum atomic E-state index is 12.1. The summed E-state index contributed by atoms with van der Waals surface area (Å²) in [7, 11) is 0. The van der Waals surface area contributed by atoms with Gasteiger partial charge in [0.1, 0.15) is 5.78 Å². The third-order valence-electron chi connectivity index (χ3n) is 2.42. The van der Waals surface area contributed by atoms with Crippen molar-refractivity contribution in [1.29, 1.82) is 0 Å². The van der Waals surface area contributed by atoms with Gasteiger partial charge in [-0.15, -0.1) is 0 Å². The second kappa shape index (κ2) is 3.23. The Morgan fingerprint density at radius 3 is 2.21 bits per heavy atom. The predicted octanol–water partition coefficient (Wildman–Crippen LogP) is 2.30. The minimum absolute atomic E-state index is 0.217. The van der Waals surface area contributed by atoms with Gasteiger partial charge >= 0.3 is 0 Å². The van der Waals surface area contributed by atoms with Gasteiger partial charge < -0.3 is 0 Å². The van der Waals surface area contributed by atoms with Crippen molar-refractivity contribution in [3.05, 3.63) is 18.0 Å². The Labute approximate surface area is 84.9 Å². The van der Waals surface area contributed by atoms with Crippen molar-refractivity contribution < 1.29 is 4.79 Å². The van der Waals surface area contributed by atoms with Crippen molar-refractivity contribution in [1.82, 2.24) is 10.2 Å². The van der Waals surface area contributed by atoms with E-state index in [2.05, 4.69) is 10.2 Å². The molecule has 0 bridgehead atoms. The van der Waals surface area contributed by atoms with Crippen LogP contribution < -0.4 is 0 Å². The Morgan fingerprint density at radius 2 is 1.86 bits per heavy atom. The van der Waals surface area contributed by atoms with E-state index in [0.29, 0.717) is 0 Å². The molecule has 0 aliphatic heterocycles. The molecule has 3 nitrogen and oxygen atoms in total. The summed E-state index contributed by atoms with van der Waals surface area (Å²) >= 11 is 0. The predicted molar refractivity (Wildman–Crippen MR) is 56.1 cm³/mol. The van der Waals surface area contributed by atoms with Crippen LogP contribution in [0.15, 0.2) is 12.3 Å². The van der Waals surface area contributed by atoms with E-state index in [0.717, 1.165) is 5.69 Å². The second-order valence-corrected chi connectivity index (χ2v) is 5.17. The van der Waals surface area contributed by atoms with E-state index in [9.17, 15) is 4.79 Å². The standard InChI is InChI=1S/C11H18N2O/c1-10(2,3)9(14)11(4,5)8-6-7-12-13-8/h6-7H,1-5H3,(H,12,13). The van der Waals surface area contributed by atoms with Crippen LogP contribution >= 0.6 is 0 Å². The van der Waals surface area contributed by atoms with Gasteiger partial charge in [-0.2, -0.15) is 5.10 Å². The van der Waals surface area contributed by atoms with Crippen molar-refractivity contribution in [2.45, 2.75) is 40.0 Å². The second-order valence-electron chi connectivity index (χ2n) is 5.17. The molecule has 0 saturated heterocycles. The number of ketones is 1. The first-order chi connectivity index (χ1) is 6.26. The van der Waals surface area contributed by atoms with Gasteiger partial charge in [-0.1, -0.05) is 20.8 Å². The average Bonchev–Trinajstić information content (AvgIpc) is 2.53. The number of hydrogen-bond donors (Lipinski definition) is 1.